The van der Waals surface area contributed by atoms with Crippen LogP contribution in [0.2, 0.25) is 0 Å². The van der Waals surface area contributed by atoms with Crippen LogP contribution in [0.4, 0.5) is 0 Å². The molecule has 5 nitrogen and oxygen atoms in total. The zero-order valence-electron chi connectivity index (χ0n) is 10.5. The van der Waals surface area contributed by atoms with Crippen molar-refractivity contribution in [3.05, 3.63) is 24.2 Å². The van der Waals surface area contributed by atoms with Gasteiger partial charge in [-0.25, -0.2) is 9.97 Å². The van der Waals surface area contributed by atoms with Gasteiger partial charge in [0, 0.05) is 24.5 Å². The number of hydrogen-bond acceptors (Lipinski definition) is 3. The Hall–Kier alpha value is -1.62. The molecule has 1 amide bonds. The first-order chi connectivity index (χ1) is 9.28. The van der Waals surface area contributed by atoms with Gasteiger partial charge >= 0.3 is 0 Å². The topological polar surface area (TPSA) is 59.8 Å². The number of imidazole rings is 1. The predicted molar refractivity (Wildman–Crippen MR) is 73.1 cm³/mol. The predicted octanol–water partition coefficient (Wildman–Crippen LogP) is 1.49. The second kappa shape index (κ2) is 5.17. The van der Waals surface area contributed by atoms with E-state index in [1.807, 2.05) is 16.7 Å². The molecule has 1 aliphatic carbocycles. The van der Waals surface area contributed by atoms with Crippen LogP contribution >= 0.6 is 11.6 Å². The molecule has 1 aliphatic rings. The Labute approximate surface area is 116 Å². The number of pyridine rings is 1. The van der Waals surface area contributed by atoms with Gasteiger partial charge in [-0.1, -0.05) is 0 Å². The number of halogens is 1. The second-order valence-corrected chi connectivity index (χ2v) is 5.12. The summed E-state index contributed by atoms with van der Waals surface area (Å²) >= 11 is 5.79. The first-order valence-corrected chi connectivity index (χ1v) is 6.97. The zero-order chi connectivity index (χ0) is 13.2. The molecule has 0 spiro atoms. The molecule has 19 heavy (non-hydrogen) atoms. The summed E-state index contributed by atoms with van der Waals surface area (Å²) in [6, 6.07) is 4.11. The summed E-state index contributed by atoms with van der Waals surface area (Å²) in [7, 11) is 0. The summed E-state index contributed by atoms with van der Waals surface area (Å²) in [5.41, 5.74) is 1.55. The van der Waals surface area contributed by atoms with E-state index >= 15 is 0 Å². The summed E-state index contributed by atoms with van der Waals surface area (Å²) in [6.07, 6.45) is 4.52. The molecule has 6 heteroatoms. The molecule has 0 saturated heterocycles. The molecule has 2 aromatic rings. The quantitative estimate of drug-likeness (QED) is 0.843. The lowest BCUT2D eigenvalue weighted by Gasteiger charge is -2.08. The van der Waals surface area contributed by atoms with E-state index in [-0.39, 0.29) is 12.5 Å². The number of fused-ring (bicyclic) bond motifs is 1. The largest absolute Gasteiger partial charge is 0.352 e. The smallest absolute Gasteiger partial charge is 0.240 e. The number of aromatic nitrogens is 3. The molecule has 1 N–H and O–H groups in total. The maximum absolute atomic E-state index is 11.9. The van der Waals surface area contributed by atoms with Crippen molar-refractivity contribution in [2.24, 2.45) is 0 Å². The fraction of sp³-hybridized carbons (Fsp3) is 0.462. The molecule has 2 aromatic heterocycles. The number of nitrogens with one attached hydrogen (secondary N) is 1. The number of carbonyl (C=O) groups excluding carboxylic acids is 1. The number of amides is 1. The van der Waals surface area contributed by atoms with Gasteiger partial charge in [0.05, 0.1) is 0 Å². The van der Waals surface area contributed by atoms with Crippen molar-refractivity contribution >= 4 is 28.7 Å². The van der Waals surface area contributed by atoms with Gasteiger partial charge < -0.3 is 9.88 Å². The van der Waals surface area contributed by atoms with Crippen LogP contribution in [0.5, 0.6) is 0 Å². The minimum atomic E-state index is 0.0169. The van der Waals surface area contributed by atoms with Gasteiger partial charge in [-0.15, -0.1) is 11.6 Å². The Morgan fingerprint density at radius 2 is 2.37 bits per heavy atom. The van der Waals surface area contributed by atoms with Crippen LogP contribution in [0, 0.1) is 0 Å². The average molecular weight is 279 g/mol. The van der Waals surface area contributed by atoms with Gasteiger partial charge in [-0.3, -0.25) is 4.79 Å². The number of carbonyl (C=O) groups is 1. The first kappa shape index (κ1) is 12.4. The third kappa shape index (κ3) is 2.71. The molecular formula is C13H15ClN4O. The van der Waals surface area contributed by atoms with E-state index < -0.39 is 0 Å². The van der Waals surface area contributed by atoms with Gasteiger partial charge in [0.15, 0.2) is 5.65 Å². The lowest BCUT2D eigenvalue weighted by molar-refractivity contribution is -0.121. The van der Waals surface area contributed by atoms with E-state index in [4.69, 9.17) is 11.6 Å². The fourth-order valence-electron chi connectivity index (χ4n) is 2.09. The average Bonchev–Trinajstić information content (AvgIpc) is 3.14. The fourth-order valence-corrected chi connectivity index (χ4v) is 2.26. The molecule has 0 atom stereocenters. The second-order valence-electron chi connectivity index (χ2n) is 4.74. The standard InChI is InChI=1S/C13H15ClN4O/c14-6-5-11-17-10-2-1-7-15-13(10)18(11)8-12(19)16-9-3-4-9/h1-2,7,9H,3-6,8H2,(H,16,19). The molecule has 0 bridgehead atoms. The van der Waals surface area contributed by atoms with Crippen molar-refractivity contribution in [1.82, 2.24) is 19.9 Å². The monoisotopic (exact) mass is 278 g/mol. The zero-order valence-corrected chi connectivity index (χ0v) is 11.2. The summed E-state index contributed by atoms with van der Waals surface area (Å²) in [5.74, 6) is 1.31. The van der Waals surface area contributed by atoms with Crippen molar-refractivity contribution in [2.45, 2.75) is 31.8 Å². The highest BCUT2D eigenvalue weighted by atomic mass is 35.5. The summed E-state index contributed by atoms with van der Waals surface area (Å²) in [4.78, 5) is 20.7. The Kier molecular flexibility index (Phi) is 3.38. The molecule has 3 rings (SSSR count). The van der Waals surface area contributed by atoms with Gasteiger partial charge in [-0.2, -0.15) is 0 Å². The van der Waals surface area contributed by atoms with E-state index in [2.05, 4.69) is 15.3 Å². The maximum Gasteiger partial charge on any atom is 0.240 e. The highest BCUT2D eigenvalue weighted by molar-refractivity contribution is 6.17. The Morgan fingerprint density at radius 1 is 1.53 bits per heavy atom. The van der Waals surface area contributed by atoms with Crippen LogP contribution in [0.15, 0.2) is 18.3 Å². The third-order valence-electron chi connectivity index (χ3n) is 3.15. The van der Waals surface area contributed by atoms with Crippen LogP contribution in [-0.2, 0) is 17.8 Å². The van der Waals surface area contributed by atoms with E-state index in [1.54, 1.807) is 6.20 Å². The van der Waals surface area contributed by atoms with E-state index in [0.717, 1.165) is 29.8 Å². The van der Waals surface area contributed by atoms with Gasteiger partial charge in [0.1, 0.15) is 17.9 Å². The molecule has 0 aliphatic heterocycles. The minimum absolute atomic E-state index is 0.0169. The molecular weight excluding hydrogens is 264 g/mol. The van der Waals surface area contributed by atoms with Crippen LogP contribution in [0.3, 0.4) is 0 Å². The highest BCUT2D eigenvalue weighted by Crippen LogP contribution is 2.19. The molecule has 0 radical (unpaired) electrons. The lowest BCUT2D eigenvalue weighted by atomic mass is 10.4. The summed E-state index contributed by atoms with van der Waals surface area (Å²) in [5, 5.41) is 2.98. The van der Waals surface area contributed by atoms with Crippen LogP contribution < -0.4 is 5.32 Å². The van der Waals surface area contributed by atoms with E-state index in [9.17, 15) is 4.79 Å². The number of rotatable bonds is 5. The molecule has 1 saturated carbocycles. The summed E-state index contributed by atoms with van der Waals surface area (Å²) < 4.78 is 1.86. The molecule has 1 fully saturated rings. The Balaban J connectivity index is 1.89. The van der Waals surface area contributed by atoms with Crippen molar-refractivity contribution in [2.75, 3.05) is 5.88 Å². The minimum Gasteiger partial charge on any atom is -0.352 e. The van der Waals surface area contributed by atoms with Crippen molar-refractivity contribution in [1.29, 1.82) is 0 Å². The van der Waals surface area contributed by atoms with Gasteiger partial charge in [0.2, 0.25) is 5.91 Å². The molecule has 2 heterocycles. The van der Waals surface area contributed by atoms with Crippen LogP contribution in [0.1, 0.15) is 18.7 Å². The van der Waals surface area contributed by atoms with Crippen molar-refractivity contribution < 1.29 is 4.79 Å². The highest BCUT2D eigenvalue weighted by Gasteiger charge is 2.24. The van der Waals surface area contributed by atoms with Gasteiger partial charge in [-0.05, 0) is 25.0 Å². The molecule has 0 unspecified atom stereocenters. The molecule has 100 valence electrons. The Morgan fingerprint density at radius 3 is 3.11 bits per heavy atom. The molecule has 0 aromatic carbocycles. The van der Waals surface area contributed by atoms with Gasteiger partial charge in [0.25, 0.3) is 0 Å². The van der Waals surface area contributed by atoms with Crippen molar-refractivity contribution in [3.63, 3.8) is 0 Å². The Bertz CT molecular complexity index is 606. The number of nitrogens with zero attached hydrogens (tertiary/aromatic N) is 3. The van der Waals surface area contributed by atoms with Crippen LogP contribution in [-0.4, -0.2) is 32.4 Å². The van der Waals surface area contributed by atoms with Crippen LogP contribution in [0.25, 0.3) is 11.2 Å². The SMILES string of the molecule is O=C(Cn1c(CCCl)nc2cccnc21)NC1CC1. The maximum atomic E-state index is 11.9. The van der Waals surface area contributed by atoms with E-state index in [0.29, 0.717) is 18.3 Å². The first-order valence-electron chi connectivity index (χ1n) is 6.43. The normalized spacial score (nSPS) is 14.8. The number of hydrogen-bond donors (Lipinski definition) is 1. The lowest BCUT2D eigenvalue weighted by Crippen LogP contribution is -2.30. The number of aryl methyl sites for hydroxylation is 1. The van der Waals surface area contributed by atoms with Crippen molar-refractivity contribution in [3.8, 4) is 0 Å². The third-order valence-corrected chi connectivity index (χ3v) is 3.33. The van der Waals surface area contributed by atoms with E-state index in [1.165, 1.54) is 0 Å². The number of alkyl halides is 1. The summed E-state index contributed by atoms with van der Waals surface area (Å²) in [6.45, 7) is 0.260.